The molecule has 1 heterocycles. The summed E-state index contributed by atoms with van der Waals surface area (Å²) in [6.45, 7) is 1.15. The number of aliphatic hydroxyl groups is 1. The van der Waals surface area contributed by atoms with Crippen molar-refractivity contribution in [2.24, 2.45) is 0 Å². The number of nitrogens with zero attached hydrogens (tertiary/aromatic N) is 1. The van der Waals surface area contributed by atoms with Gasteiger partial charge in [0.05, 0.1) is 12.5 Å². The Labute approximate surface area is 114 Å². The van der Waals surface area contributed by atoms with Gasteiger partial charge in [0, 0.05) is 17.6 Å². The summed E-state index contributed by atoms with van der Waals surface area (Å²) in [4.78, 5) is 13.8. The molecule has 1 amide bonds. The van der Waals surface area contributed by atoms with Gasteiger partial charge in [-0.2, -0.15) is 0 Å². The molecule has 0 spiro atoms. The maximum absolute atomic E-state index is 13.1. The summed E-state index contributed by atoms with van der Waals surface area (Å²) >= 11 is 3.32. The number of likely N-dealkylation sites (tertiary alicyclic amines) is 1. The number of halogens is 2. The van der Waals surface area contributed by atoms with Crippen molar-refractivity contribution in [2.45, 2.75) is 25.4 Å². The van der Waals surface area contributed by atoms with E-state index in [2.05, 4.69) is 15.9 Å². The summed E-state index contributed by atoms with van der Waals surface area (Å²) in [7, 11) is 0. The molecule has 1 fully saturated rings. The third-order valence-corrected chi connectivity index (χ3v) is 3.94. The van der Waals surface area contributed by atoms with Gasteiger partial charge in [0.1, 0.15) is 5.82 Å². The highest BCUT2D eigenvalue weighted by molar-refractivity contribution is 9.10. The van der Waals surface area contributed by atoms with Crippen LogP contribution in [0.3, 0.4) is 0 Å². The lowest BCUT2D eigenvalue weighted by molar-refractivity contribution is -0.132. The van der Waals surface area contributed by atoms with Crippen LogP contribution in [0.2, 0.25) is 0 Å². The predicted octanol–water partition coefficient (Wildman–Crippen LogP) is 2.11. The van der Waals surface area contributed by atoms with Crippen LogP contribution in [0.15, 0.2) is 22.7 Å². The van der Waals surface area contributed by atoms with Crippen LogP contribution in [0.1, 0.15) is 18.4 Å². The summed E-state index contributed by atoms with van der Waals surface area (Å²) in [5, 5.41) is 9.38. The zero-order valence-electron chi connectivity index (χ0n) is 9.90. The molecule has 1 aliphatic rings. The van der Waals surface area contributed by atoms with Crippen LogP contribution in [-0.2, 0) is 11.2 Å². The first kappa shape index (κ1) is 13.5. The van der Waals surface area contributed by atoms with Crippen LogP contribution in [0.4, 0.5) is 4.39 Å². The van der Waals surface area contributed by atoms with Gasteiger partial charge in [-0.15, -0.1) is 0 Å². The van der Waals surface area contributed by atoms with E-state index in [1.807, 2.05) is 0 Å². The molecule has 0 radical (unpaired) electrons. The number of rotatable bonds is 2. The fraction of sp³-hybridized carbons (Fsp3) is 0.462. The van der Waals surface area contributed by atoms with Crippen molar-refractivity contribution in [2.75, 3.05) is 13.1 Å². The summed E-state index contributed by atoms with van der Waals surface area (Å²) in [6.07, 6.45) is 1.13. The van der Waals surface area contributed by atoms with Crippen molar-refractivity contribution in [3.8, 4) is 0 Å². The molecule has 1 aromatic rings. The van der Waals surface area contributed by atoms with Crippen LogP contribution in [0.25, 0.3) is 0 Å². The normalized spacial score (nSPS) is 16.9. The van der Waals surface area contributed by atoms with Crippen molar-refractivity contribution >= 4 is 21.8 Å². The van der Waals surface area contributed by atoms with E-state index in [1.165, 1.54) is 12.1 Å². The zero-order valence-corrected chi connectivity index (χ0v) is 11.5. The molecule has 0 saturated carbocycles. The lowest BCUT2D eigenvalue weighted by Gasteiger charge is -2.29. The van der Waals surface area contributed by atoms with E-state index >= 15 is 0 Å². The molecular formula is C13H15BrFNO2. The molecule has 3 nitrogen and oxygen atoms in total. The van der Waals surface area contributed by atoms with Gasteiger partial charge in [0.25, 0.3) is 0 Å². The Bertz CT molecular complexity index is 445. The van der Waals surface area contributed by atoms with Crippen LogP contribution >= 0.6 is 15.9 Å². The van der Waals surface area contributed by atoms with E-state index < -0.39 is 0 Å². The lowest BCUT2D eigenvalue weighted by Crippen LogP contribution is -2.40. The predicted molar refractivity (Wildman–Crippen MR) is 69.6 cm³/mol. The number of carbonyl (C=O) groups excluding carboxylic acids is 1. The van der Waals surface area contributed by atoms with Gasteiger partial charge in [-0.1, -0.05) is 15.9 Å². The number of hydrogen-bond donors (Lipinski definition) is 1. The average Bonchev–Trinajstić information content (AvgIpc) is 2.34. The van der Waals surface area contributed by atoms with E-state index in [0.29, 0.717) is 31.5 Å². The molecule has 98 valence electrons. The minimum atomic E-state index is -0.338. The number of amides is 1. The second kappa shape index (κ2) is 5.80. The third kappa shape index (κ3) is 3.29. The first-order valence-electron chi connectivity index (χ1n) is 5.96. The lowest BCUT2D eigenvalue weighted by atomic mass is 10.1. The second-order valence-corrected chi connectivity index (χ2v) is 5.38. The largest absolute Gasteiger partial charge is 0.393 e. The molecule has 0 unspecified atom stereocenters. The fourth-order valence-electron chi connectivity index (χ4n) is 2.07. The van der Waals surface area contributed by atoms with Crippen molar-refractivity contribution < 1.29 is 14.3 Å². The van der Waals surface area contributed by atoms with Gasteiger partial charge in [0.15, 0.2) is 0 Å². The minimum absolute atomic E-state index is 0.0202. The highest BCUT2D eigenvalue weighted by atomic mass is 79.9. The van der Waals surface area contributed by atoms with E-state index in [9.17, 15) is 14.3 Å². The summed E-state index contributed by atoms with van der Waals surface area (Å²) in [5.74, 6) is -0.358. The van der Waals surface area contributed by atoms with Crippen molar-refractivity contribution in [3.63, 3.8) is 0 Å². The Hall–Kier alpha value is -0.940. The number of benzene rings is 1. The van der Waals surface area contributed by atoms with E-state index in [0.717, 1.165) is 4.47 Å². The zero-order chi connectivity index (χ0) is 13.1. The SMILES string of the molecule is O=C(Cc1cc(F)ccc1Br)N1CCC(O)CC1. The Morgan fingerprint density at radius 3 is 2.78 bits per heavy atom. The average molecular weight is 316 g/mol. The van der Waals surface area contributed by atoms with E-state index in [4.69, 9.17) is 0 Å². The monoisotopic (exact) mass is 315 g/mol. The summed E-state index contributed by atoms with van der Waals surface area (Å²) < 4.78 is 13.9. The maximum Gasteiger partial charge on any atom is 0.227 e. The summed E-state index contributed by atoms with van der Waals surface area (Å²) in [5.41, 5.74) is 0.658. The quantitative estimate of drug-likeness (QED) is 0.908. The van der Waals surface area contributed by atoms with Crippen LogP contribution < -0.4 is 0 Å². The van der Waals surface area contributed by atoms with Gasteiger partial charge >= 0.3 is 0 Å². The first-order chi connectivity index (χ1) is 8.56. The maximum atomic E-state index is 13.1. The summed E-state index contributed by atoms with van der Waals surface area (Å²) in [6, 6.07) is 4.34. The number of aliphatic hydroxyl groups excluding tert-OH is 1. The van der Waals surface area contributed by atoms with E-state index in [1.54, 1.807) is 11.0 Å². The smallest absolute Gasteiger partial charge is 0.227 e. The van der Waals surface area contributed by atoms with Crippen LogP contribution in [0.5, 0.6) is 0 Å². The molecule has 1 saturated heterocycles. The minimum Gasteiger partial charge on any atom is -0.393 e. The molecule has 18 heavy (non-hydrogen) atoms. The molecule has 0 aromatic heterocycles. The van der Waals surface area contributed by atoms with Gasteiger partial charge < -0.3 is 10.0 Å². The van der Waals surface area contributed by atoms with Crippen molar-refractivity contribution in [3.05, 3.63) is 34.1 Å². The number of piperidine rings is 1. The van der Waals surface area contributed by atoms with Crippen LogP contribution in [-0.4, -0.2) is 35.1 Å². The first-order valence-corrected chi connectivity index (χ1v) is 6.75. The highest BCUT2D eigenvalue weighted by Gasteiger charge is 2.21. The molecule has 0 aliphatic carbocycles. The molecular weight excluding hydrogens is 301 g/mol. The highest BCUT2D eigenvalue weighted by Crippen LogP contribution is 2.20. The Balaban J connectivity index is 2.00. The number of hydrogen-bond acceptors (Lipinski definition) is 2. The molecule has 2 rings (SSSR count). The van der Waals surface area contributed by atoms with Crippen molar-refractivity contribution in [1.29, 1.82) is 0 Å². The molecule has 1 aromatic carbocycles. The Morgan fingerprint density at radius 1 is 1.44 bits per heavy atom. The van der Waals surface area contributed by atoms with Crippen LogP contribution in [0, 0.1) is 5.82 Å². The van der Waals surface area contributed by atoms with E-state index in [-0.39, 0.29) is 24.2 Å². The topological polar surface area (TPSA) is 40.5 Å². The van der Waals surface area contributed by atoms with Gasteiger partial charge in [-0.3, -0.25) is 4.79 Å². The molecule has 5 heteroatoms. The Kier molecular flexibility index (Phi) is 4.35. The molecule has 1 N–H and O–H groups in total. The molecule has 0 atom stereocenters. The fourth-order valence-corrected chi connectivity index (χ4v) is 2.46. The number of carbonyl (C=O) groups is 1. The third-order valence-electron chi connectivity index (χ3n) is 3.17. The second-order valence-electron chi connectivity index (χ2n) is 4.52. The van der Waals surface area contributed by atoms with Gasteiger partial charge in [0.2, 0.25) is 5.91 Å². The van der Waals surface area contributed by atoms with Crippen molar-refractivity contribution in [1.82, 2.24) is 4.90 Å². The van der Waals surface area contributed by atoms with Gasteiger partial charge in [-0.25, -0.2) is 4.39 Å². The van der Waals surface area contributed by atoms with Gasteiger partial charge in [-0.05, 0) is 36.6 Å². The molecule has 1 aliphatic heterocycles. The molecule has 0 bridgehead atoms. The standard InChI is InChI=1S/C13H15BrFNO2/c14-12-2-1-10(15)7-9(12)8-13(18)16-5-3-11(17)4-6-16/h1-2,7,11,17H,3-6,8H2. The Morgan fingerprint density at radius 2 is 2.11 bits per heavy atom.